The normalized spacial score (nSPS) is 10.4. The van der Waals surface area contributed by atoms with Crippen molar-refractivity contribution in [3.8, 4) is 11.1 Å². The first-order chi connectivity index (χ1) is 7.59. The van der Waals surface area contributed by atoms with Crippen LogP contribution in [-0.2, 0) is 0 Å². The molecule has 1 heteroatoms. The van der Waals surface area contributed by atoms with E-state index in [0.29, 0.717) is 0 Å². The Morgan fingerprint density at radius 1 is 0.875 bits per heavy atom. The van der Waals surface area contributed by atoms with E-state index in [1.165, 1.54) is 27.8 Å². The zero-order chi connectivity index (χ0) is 11.7. The maximum atomic E-state index is 6.01. The lowest BCUT2D eigenvalue weighted by Gasteiger charge is -2.12. The zero-order valence-corrected chi connectivity index (χ0v) is 10.0. The van der Waals surface area contributed by atoms with E-state index in [1.54, 1.807) is 0 Å². The molecule has 0 aliphatic heterocycles. The predicted octanol–water partition coefficient (Wildman–Crippen LogP) is 3.86. The Hall–Kier alpha value is -1.76. The molecule has 2 N–H and O–H groups in total. The van der Waals surface area contributed by atoms with Gasteiger partial charge < -0.3 is 5.73 Å². The van der Waals surface area contributed by atoms with Crippen molar-refractivity contribution in [2.75, 3.05) is 5.73 Å². The molecular formula is C15H17N. The highest BCUT2D eigenvalue weighted by atomic mass is 14.6. The molecule has 0 spiro atoms. The van der Waals surface area contributed by atoms with Gasteiger partial charge in [-0.2, -0.15) is 0 Å². The Labute approximate surface area is 96.9 Å². The van der Waals surface area contributed by atoms with Crippen LogP contribution in [0.15, 0.2) is 36.4 Å². The number of aryl methyl sites for hydroxylation is 2. The van der Waals surface area contributed by atoms with Crippen molar-refractivity contribution >= 4 is 5.69 Å². The van der Waals surface area contributed by atoms with Crippen LogP contribution in [0.1, 0.15) is 16.7 Å². The summed E-state index contributed by atoms with van der Waals surface area (Å²) in [5.74, 6) is 0. The van der Waals surface area contributed by atoms with Crippen molar-refractivity contribution in [2.45, 2.75) is 20.8 Å². The van der Waals surface area contributed by atoms with Gasteiger partial charge >= 0.3 is 0 Å². The van der Waals surface area contributed by atoms with Crippen LogP contribution < -0.4 is 5.73 Å². The molecule has 0 saturated carbocycles. The molecule has 0 radical (unpaired) electrons. The lowest BCUT2D eigenvalue weighted by Crippen LogP contribution is -1.95. The number of anilines is 1. The Balaban J connectivity index is 2.69. The highest BCUT2D eigenvalue weighted by Crippen LogP contribution is 2.30. The second-order valence-electron chi connectivity index (χ2n) is 4.34. The molecule has 0 aliphatic rings. The van der Waals surface area contributed by atoms with E-state index in [9.17, 15) is 0 Å². The molecular weight excluding hydrogens is 194 g/mol. The first kappa shape index (κ1) is 10.7. The van der Waals surface area contributed by atoms with Crippen LogP contribution in [0.3, 0.4) is 0 Å². The van der Waals surface area contributed by atoms with Crippen molar-refractivity contribution in [3.05, 3.63) is 53.1 Å². The minimum absolute atomic E-state index is 0.873. The molecule has 0 aromatic heterocycles. The van der Waals surface area contributed by atoms with Crippen LogP contribution in [0, 0.1) is 20.8 Å². The van der Waals surface area contributed by atoms with Gasteiger partial charge in [0.2, 0.25) is 0 Å². The molecule has 16 heavy (non-hydrogen) atoms. The van der Waals surface area contributed by atoms with Gasteiger partial charge in [0.05, 0.1) is 0 Å². The van der Waals surface area contributed by atoms with Gasteiger partial charge in [-0.1, -0.05) is 30.3 Å². The van der Waals surface area contributed by atoms with E-state index in [2.05, 4.69) is 51.1 Å². The summed E-state index contributed by atoms with van der Waals surface area (Å²) >= 11 is 0. The first-order valence-electron chi connectivity index (χ1n) is 5.52. The Bertz CT molecular complexity index is 527. The third-order valence-corrected chi connectivity index (χ3v) is 3.03. The fraction of sp³-hybridized carbons (Fsp3) is 0.200. The summed E-state index contributed by atoms with van der Waals surface area (Å²) in [6, 6.07) is 12.6. The summed E-state index contributed by atoms with van der Waals surface area (Å²) in [6.07, 6.45) is 0. The topological polar surface area (TPSA) is 26.0 Å². The van der Waals surface area contributed by atoms with E-state index in [0.717, 1.165) is 5.69 Å². The molecule has 2 aromatic carbocycles. The minimum Gasteiger partial charge on any atom is -0.398 e. The lowest BCUT2D eigenvalue weighted by atomic mass is 9.94. The summed E-state index contributed by atoms with van der Waals surface area (Å²) in [4.78, 5) is 0. The third-order valence-electron chi connectivity index (χ3n) is 3.03. The second-order valence-corrected chi connectivity index (χ2v) is 4.34. The van der Waals surface area contributed by atoms with Gasteiger partial charge in [0.15, 0.2) is 0 Å². The highest BCUT2D eigenvalue weighted by Gasteiger charge is 2.07. The summed E-state index contributed by atoms with van der Waals surface area (Å²) in [6.45, 7) is 6.29. The van der Waals surface area contributed by atoms with Gasteiger partial charge in [-0.05, 0) is 54.7 Å². The molecule has 1 nitrogen and oxygen atoms in total. The molecule has 2 rings (SSSR count). The molecule has 0 saturated heterocycles. The molecule has 0 unspecified atom stereocenters. The maximum absolute atomic E-state index is 6.01. The van der Waals surface area contributed by atoms with Crippen molar-refractivity contribution in [3.63, 3.8) is 0 Å². The number of hydrogen-bond acceptors (Lipinski definition) is 1. The number of hydrogen-bond donors (Lipinski definition) is 1. The Morgan fingerprint density at radius 2 is 1.56 bits per heavy atom. The Kier molecular flexibility index (Phi) is 2.69. The molecule has 0 amide bonds. The number of benzene rings is 2. The quantitative estimate of drug-likeness (QED) is 0.712. The smallest absolute Gasteiger partial charge is 0.0352 e. The van der Waals surface area contributed by atoms with Crippen LogP contribution in [-0.4, -0.2) is 0 Å². The average Bonchev–Trinajstić information content (AvgIpc) is 2.24. The number of nitrogens with two attached hydrogens (primary N) is 1. The van der Waals surface area contributed by atoms with E-state index < -0.39 is 0 Å². The van der Waals surface area contributed by atoms with E-state index >= 15 is 0 Å². The van der Waals surface area contributed by atoms with Gasteiger partial charge in [-0.25, -0.2) is 0 Å². The van der Waals surface area contributed by atoms with Crippen LogP contribution in [0.4, 0.5) is 5.69 Å². The predicted molar refractivity (Wildman–Crippen MR) is 70.5 cm³/mol. The lowest BCUT2D eigenvalue weighted by molar-refractivity contribution is 1.37. The number of rotatable bonds is 1. The summed E-state index contributed by atoms with van der Waals surface area (Å²) < 4.78 is 0. The van der Waals surface area contributed by atoms with Crippen LogP contribution in [0.5, 0.6) is 0 Å². The van der Waals surface area contributed by atoms with E-state index in [-0.39, 0.29) is 0 Å². The van der Waals surface area contributed by atoms with Crippen molar-refractivity contribution in [2.24, 2.45) is 0 Å². The zero-order valence-electron chi connectivity index (χ0n) is 10.0. The van der Waals surface area contributed by atoms with E-state index in [1.807, 2.05) is 6.07 Å². The molecule has 82 valence electrons. The van der Waals surface area contributed by atoms with E-state index in [4.69, 9.17) is 5.73 Å². The summed E-state index contributed by atoms with van der Waals surface area (Å²) in [5.41, 5.74) is 13.1. The number of nitrogen functional groups attached to an aromatic ring is 1. The summed E-state index contributed by atoms with van der Waals surface area (Å²) in [7, 11) is 0. The van der Waals surface area contributed by atoms with Gasteiger partial charge in [0.25, 0.3) is 0 Å². The van der Waals surface area contributed by atoms with Gasteiger partial charge in [0.1, 0.15) is 0 Å². The fourth-order valence-corrected chi connectivity index (χ4v) is 2.04. The molecule has 0 heterocycles. The van der Waals surface area contributed by atoms with Crippen LogP contribution in [0.25, 0.3) is 11.1 Å². The molecule has 0 bridgehead atoms. The van der Waals surface area contributed by atoms with Crippen LogP contribution in [0.2, 0.25) is 0 Å². The third kappa shape index (κ3) is 1.81. The fourth-order valence-electron chi connectivity index (χ4n) is 2.04. The maximum Gasteiger partial charge on any atom is 0.0352 e. The minimum atomic E-state index is 0.873. The summed E-state index contributed by atoms with van der Waals surface area (Å²) in [5, 5.41) is 0. The SMILES string of the molecule is Cc1cc(N)c(C)c(-c2ccccc2C)c1. The average molecular weight is 211 g/mol. The molecule has 2 aromatic rings. The highest BCUT2D eigenvalue weighted by molar-refractivity contribution is 5.75. The molecule has 0 atom stereocenters. The van der Waals surface area contributed by atoms with Crippen molar-refractivity contribution in [1.29, 1.82) is 0 Å². The molecule has 0 aliphatic carbocycles. The standard InChI is InChI=1S/C15H17N/c1-10-8-14(12(3)15(16)9-10)13-7-5-4-6-11(13)2/h4-9H,16H2,1-3H3. The second kappa shape index (κ2) is 4.01. The van der Waals surface area contributed by atoms with Crippen LogP contribution >= 0.6 is 0 Å². The van der Waals surface area contributed by atoms with Gasteiger partial charge in [-0.15, -0.1) is 0 Å². The van der Waals surface area contributed by atoms with Crippen molar-refractivity contribution < 1.29 is 0 Å². The van der Waals surface area contributed by atoms with Gasteiger partial charge in [0, 0.05) is 5.69 Å². The first-order valence-corrected chi connectivity index (χ1v) is 5.52. The van der Waals surface area contributed by atoms with Gasteiger partial charge in [-0.3, -0.25) is 0 Å². The van der Waals surface area contributed by atoms with Crippen molar-refractivity contribution in [1.82, 2.24) is 0 Å². The monoisotopic (exact) mass is 211 g/mol. The molecule has 0 fully saturated rings. The largest absolute Gasteiger partial charge is 0.398 e. The Morgan fingerprint density at radius 3 is 2.25 bits per heavy atom.